The zero-order chi connectivity index (χ0) is 53.1. The molecule has 4 aromatic rings. The minimum Gasteiger partial charge on any atom is -0.496 e. The van der Waals surface area contributed by atoms with E-state index in [1.807, 2.05) is 21.9 Å². The summed E-state index contributed by atoms with van der Waals surface area (Å²) in [5.74, 6) is 0.956. The standard InChI is InChI=1S/C55H65ClF3N7O8/c1-32(39-25-40(52(70)74-54(3,4)5)27-41(26-39)55(57,58)59)60-49-43-29-42(47(72-6)30-45(43)61-33(2)62-49)36-7-9-37(10-8-36)50(68)64-19-13-34(14-20-64)18-24-73-31-35-15-21-65(22-16-35)51(69)38-11-12-44(56)46(28-38)66-23-17-48(67)63-53(66)71/h7,11-12,25-30,32,34-35,37H,8-10,13-24,31H2,1-6H3,(H,60,61,62)(H,63,67,71)/t32-,37?/m1/s1. The van der Waals surface area contributed by atoms with Crippen molar-refractivity contribution in [3.63, 3.8) is 0 Å². The number of imide groups is 1. The number of nitrogens with one attached hydrogen (secondary N) is 2. The third kappa shape index (κ3) is 13.0. The van der Waals surface area contributed by atoms with Crippen LogP contribution in [0.4, 0.5) is 29.5 Å². The average molecular weight is 1040 g/mol. The van der Waals surface area contributed by atoms with Crippen LogP contribution in [0.3, 0.4) is 0 Å². The molecule has 3 saturated heterocycles. The van der Waals surface area contributed by atoms with E-state index in [2.05, 4.69) is 26.7 Å². The lowest BCUT2D eigenvalue weighted by molar-refractivity contribution is -0.138. The molecule has 396 valence electrons. The number of carbonyl (C=O) groups is 5. The van der Waals surface area contributed by atoms with Gasteiger partial charge in [-0.15, -0.1) is 0 Å². The van der Waals surface area contributed by atoms with Crippen molar-refractivity contribution in [2.24, 2.45) is 17.8 Å². The summed E-state index contributed by atoms with van der Waals surface area (Å²) in [7, 11) is 1.59. The Morgan fingerprint density at radius 2 is 1.59 bits per heavy atom. The second-order valence-corrected chi connectivity index (χ2v) is 21.3. The number of amides is 5. The van der Waals surface area contributed by atoms with Crippen molar-refractivity contribution in [1.82, 2.24) is 25.1 Å². The summed E-state index contributed by atoms with van der Waals surface area (Å²) in [4.78, 5) is 78.9. The van der Waals surface area contributed by atoms with Gasteiger partial charge in [-0.3, -0.25) is 24.6 Å². The van der Waals surface area contributed by atoms with Gasteiger partial charge in [-0.05, 0) is 151 Å². The van der Waals surface area contributed by atoms with Gasteiger partial charge >= 0.3 is 18.2 Å². The number of hydrogen-bond donors (Lipinski definition) is 2. The SMILES string of the molecule is COc1cc2nc(C)nc(N[C@H](C)c3cc(C(=O)OC(C)(C)C)cc(C(F)(F)F)c3)c2cc1C1=CCC(C(=O)N2CCC(CCOCC3CCN(C(=O)c4ccc(Cl)c(N5CCC(=O)NC5=O)c4)CC3)CC2)CC1. The molecule has 74 heavy (non-hydrogen) atoms. The number of aryl methyl sites for hydroxylation is 1. The largest absolute Gasteiger partial charge is 0.496 e. The summed E-state index contributed by atoms with van der Waals surface area (Å²) in [6, 6.07) is 10.6. The number of methoxy groups -OCH3 is 1. The molecular formula is C55H65ClF3N7O8. The Hall–Kier alpha value is -6.27. The summed E-state index contributed by atoms with van der Waals surface area (Å²) in [5, 5.41) is 6.55. The molecule has 3 fully saturated rings. The van der Waals surface area contributed by atoms with Crippen LogP contribution in [-0.4, -0.2) is 108 Å². The van der Waals surface area contributed by atoms with Crippen LogP contribution in [0.25, 0.3) is 16.5 Å². The molecule has 8 rings (SSSR count). The molecule has 0 radical (unpaired) electrons. The fourth-order valence-electron chi connectivity index (χ4n) is 10.2. The van der Waals surface area contributed by atoms with Crippen molar-refractivity contribution in [3.8, 4) is 5.75 Å². The number of nitrogens with zero attached hydrogens (tertiary/aromatic N) is 5. The van der Waals surface area contributed by atoms with Crippen molar-refractivity contribution < 1.29 is 51.4 Å². The fraction of sp³-hybridized carbons (Fsp3) is 0.509. The zero-order valence-corrected chi connectivity index (χ0v) is 43.6. The molecule has 2 atom stereocenters. The third-order valence-electron chi connectivity index (χ3n) is 14.4. The highest BCUT2D eigenvalue weighted by molar-refractivity contribution is 6.34. The Kier molecular flexibility index (Phi) is 16.6. The van der Waals surface area contributed by atoms with E-state index in [0.29, 0.717) is 115 Å². The molecule has 3 aliphatic heterocycles. The molecule has 1 aliphatic carbocycles. The molecule has 4 aliphatic rings. The number of ether oxygens (including phenoxy) is 3. The van der Waals surface area contributed by atoms with Crippen LogP contribution >= 0.6 is 11.6 Å². The number of carbonyl (C=O) groups excluding carboxylic acids is 5. The molecule has 0 saturated carbocycles. The van der Waals surface area contributed by atoms with E-state index in [4.69, 9.17) is 25.8 Å². The monoisotopic (exact) mass is 1040 g/mol. The van der Waals surface area contributed by atoms with Crippen LogP contribution in [0.15, 0.2) is 54.6 Å². The number of benzene rings is 3. The molecule has 15 nitrogen and oxygen atoms in total. The second-order valence-electron chi connectivity index (χ2n) is 20.9. The lowest BCUT2D eigenvalue weighted by atomic mass is 9.84. The summed E-state index contributed by atoms with van der Waals surface area (Å²) < 4.78 is 59.8. The van der Waals surface area contributed by atoms with Crippen LogP contribution in [0.5, 0.6) is 5.75 Å². The number of esters is 1. The number of hydrogen-bond acceptors (Lipinski definition) is 11. The van der Waals surface area contributed by atoms with Gasteiger partial charge in [-0.2, -0.15) is 13.2 Å². The van der Waals surface area contributed by atoms with Gasteiger partial charge in [0.25, 0.3) is 5.91 Å². The first kappa shape index (κ1) is 54.0. The average Bonchev–Trinajstić information content (AvgIpc) is 3.36. The maximum absolute atomic E-state index is 14.1. The van der Waals surface area contributed by atoms with Gasteiger partial charge in [0.15, 0.2) is 0 Å². The highest BCUT2D eigenvalue weighted by Gasteiger charge is 2.35. The third-order valence-corrected chi connectivity index (χ3v) is 14.7. The first-order valence-electron chi connectivity index (χ1n) is 25.5. The summed E-state index contributed by atoms with van der Waals surface area (Å²) in [6.45, 7) is 12.5. The summed E-state index contributed by atoms with van der Waals surface area (Å²) >= 11 is 6.39. The quantitative estimate of drug-likeness (QED) is 0.0909. The Morgan fingerprint density at radius 3 is 2.26 bits per heavy atom. The molecule has 2 N–H and O–H groups in total. The molecular weight excluding hydrogens is 979 g/mol. The number of likely N-dealkylation sites (tertiary alicyclic amines) is 2. The molecule has 0 bridgehead atoms. The predicted molar refractivity (Wildman–Crippen MR) is 275 cm³/mol. The summed E-state index contributed by atoms with van der Waals surface area (Å²) in [5.41, 5.74) is 1.40. The van der Waals surface area contributed by atoms with Crippen LogP contribution in [0, 0.1) is 24.7 Å². The second kappa shape index (κ2) is 22.7. The van der Waals surface area contributed by atoms with E-state index in [9.17, 15) is 37.1 Å². The number of allylic oxidation sites excluding steroid dienone is 2. The van der Waals surface area contributed by atoms with Gasteiger partial charge in [-0.1, -0.05) is 17.7 Å². The Bertz CT molecular complexity index is 2820. The number of piperidine rings is 2. The highest BCUT2D eigenvalue weighted by Crippen LogP contribution is 2.41. The van der Waals surface area contributed by atoms with Gasteiger partial charge in [-0.25, -0.2) is 19.6 Å². The number of rotatable bonds is 14. The highest BCUT2D eigenvalue weighted by atomic mass is 35.5. The maximum Gasteiger partial charge on any atom is 0.416 e. The Morgan fingerprint density at radius 1 is 0.878 bits per heavy atom. The Labute approximate surface area is 434 Å². The Balaban J connectivity index is 0.809. The molecule has 1 aromatic heterocycles. The normalized spacial score (nSPS) is 18.8. The minimum absolute atomic E-state index is 0.128. The fourth-order valence-corrected chi connectivity index (χ4v) is 10.5. The lowest BCUT2D eigenvalue weighted by Gasteiger charge is -2.35. The molecule has 19 heteroatoms. The van der Waals surface area contributed by atoms with E-state index >= 15 is 0 Å². The van der Waals surface area contributed by atoms with E-state index in [0.717, 1.165) is 55.4 Å². The number of aromatic nitrogens is 2. The predicted octanol–water partition coefficient (Wildman–Crippen LogP) is 10.6. The van der Waals surface area contributed by atoms with Crippen LogP contribution in [0.1, 0.15) is 135 Å². The molecule has 4 heterocycles. The number of alkyl halides is 3. The number of fused-ring (bicyclic) bond motifs is 1. The molecule has 0 spiro atoms. The van der Waals surface area contributed by atoms with Crippen molar-refractivity contribution in [1.29, 1.82) is 0 Å². The number of halogens is 4. The van der Waals surface area contributed by atoms with Crippen molar-refractivity contribution in [2.75, 3.05) is 63.3 Å². The number of anilines is 2. The molecule has 1 unspecified atom stereocenters. The first-order chi connectivity index (χ1) is 35.1. The van der Waals surface area contributed by atoms with Gasteiger partial charge in [0.05, 0.1) is 40.5 Å². The number of urea groups is 1. The lowest BCUT2D eigenvalue weighted by Crippen LogP contribution is -2.49. The van der Waals surface area contributed by atoms with Crippen molar-refractivity contribution >= 4 is 69.3 Å². The minimum atomic E-state index is -4.70. The van der Waals surface area contributed by atoms with Crippen LogP contribution in [0.2, 0.25) is 5.02 Å². The molecule has 5 amide bonds. The topological polar surface area (TPSA) is 173 Å². The first-order valence-corrected chi connectivity index (χ1v) is 25.9. The van der Waals surface area contributed by atoms with Gasteiger partial charge in [0.2, 0.25) is 11.8 Å². The van der Waals surface area contributed by atoms with Crippen LogP contribution in [-0.2, 0) is 25.2 Å². The van der Waals surface area contributed by atoms with Gasteiger partial charge < -0.3 is 29.3 Å². The van der Waals surface area contributed by atoms with Gasteiger partial charge in [0.1, 0.15) is 23.0 Å². The molecule has 3 aromatic carbocycles. The zero-order valence-electron chi connectivity index (χ0n) is 42.8. The van der Waals surface area contributed by atoms with Gasteiger partial charge in [0, 0.05) is 80.9 Å². The van der Waals surface area contributed by atoms with E-state index < -0.39 is 35.4 Å². The van der Waals surface area contributed by atoms with Crippen molar-refractivity contribution in [3.05, 3.63) is 93.3 Å². The van der Waals surface area contributed by atoms with Crippen molar-refractivity contribution in [2.45, 2.75) is 110 Å². The maximum atomic E-state index is 14.1. The van der Waals surface area contributed by atoms with E-state index in [-0.39, 0.29) is 47.7 Å². The van der Waals surface area contributed by atoms with Crippen LogP contribution < -0.4 is 20.3 Å². The van der Waals surface area contributed by atoms with E-state index in [1.54, 1.807) is 59.9 Å². The van der Waals surface area contributed by atoms with E-state index in [1.165, 1.54) is 11.0 Å². The smallest absolute Gasteiger partial charge is 0.416 e. The summed E-state index contributed by atoms with van der Waals surface area (Å²) in [6.07, 6.45) is 3.83.